The molecule has 0 radical (unpaired) electrons. The summed E-state index contributed by atoms with van der Waals surface area (Å²) in [4.78, 5) is 30.8. The first-order valence-electron chi connectivity index (χ1n) is 9.35. The number of likely N-dealkylation sites (N-methyl/N-ethyl adjacent to an activating group) is 1. The second-order valence-electron chi connectivity index (χ2n) is 7.97. The predicted molar refractivity (Wildman–Crippen MR) is 99.3 cm³/mol. The molecular weight excluding hydrogens is 332 g/mol. The summed E-state index contributed by atoms with van der Waals surface area (Å²) in [6, 6.07) is 0. The highest BCUT2D eigenvalue weighted by molar-refractivity contribution is 5.77. The molecule has 0 saturated carbocycles. The summed E-state index contributed by atoms with van der Waals surface area (Å²) in [7, 11) is 4.06. The first kappa shape index (κ1) is 18.7. The monoisotopic (exact) mass is 362 g/mol. The molecule has 2 saturated heterocycles. The fraction of sp³-hybridized carbons (Fsp3) is 0.722. The number of carbonyl (C=O) groups is 2. The minimum atomic E-state index is 0.0827. The van der Waals surface area contributed by atoms with E-state index >= 15 is 0 Å². The van der Waals surface area contributed by atoms with Gasteiger partial charge in [-0.15, -0.1) is 0 Å². The molecule has 1 aromatic heterocycles. The summed E-state index contributed by atoms with van der Waals surface area (Å²) in [6.07, 6.45) is 6.74. The third-order valence-electron chi connectivity index (χ3n) is 5.69. The van der Waals surface area contributed by atoms with E-state index in [1.807, 2.05) is 23.9 Å². The number of nitrogens with zero attached hydrogens (tertiary/aromatic N) is 5. The Morgan fingerprint density at radius 1 is 1.31 bits per heavy atom. The molecule has 2 fully saturated rings. The second kappa shape index (κ2) is 7.65. The molecule has 144 valence electrons. The van der Waals surface area contributed by atoms with Crippen LogP contribution in [0.5, 0.6) is 0 Å². The third-order valence-corrected chi connectivity index (χ3v) is 5.69. The number of piperidine rings is 2. The average molecular weight is 362 g/mol. The number of likely N-dealkylation sites (tertiary alicyclic amines) is 2. The lowest BCUT2D eigenvalue weighted by atomic mass is 9.72. The summed E-state index contributed by atoms with van der Waals surface area (Å²) in [6.45, 7) is 4.25. The van der Waals surface area contributed by atoms with Crippen molar-refractivity contribution in [2.75, 3.05) is 52.6 Å². The molecular formula is C18H30N6O2. The van der Waals surface area contributed by atoms with Crippen molar-refractivity contribution in [3.8, 4) is 0 Å². The van der Waals surface area contributed by atoms with Gasteiger partial charge < -0.3 is 20.4 Å². The van der Waals surface area contributed by atoms with Gasteiger partial charge in [0.25, 0.3) is 0 Å². The molecule has 2 aliphatic rings. The molecule has 2 amide bonds. The Morgan fingerprint density at radius 2 is 2.04 bits per heavy atom. The van der Waals surface area contributed by atoms with Crippen molar-refractivity contribution >= 4 is 17.5 Å². The van der Waals surface area contributed by atoms with Crippen LogP contribution >= 0.6 is 0 Å². The molecule has 0 aromatic carbocycles. The summed E-state index contributed by atoms with van der Waals surface area (Å²) < 4.78 is 1.59. The minimum absolute atomic E-state index is 0.0827. The number of aromatic nitrogens is 2. The van der Waals surface area contributed by atoms with Crippen LogP contribution in [0.1, 0.15) is 25.7 Å². The van der Waals surface area contributed by atoms with E-state index in [1.54, 1.807) is 17.1 Å². The highest BCUT2D eigenvalue weighted by atomic mass is 16.2. The molecule has 3 heterocycles. The van der Waals surface area contributed by atoms with Crippen molar-refractivity contribution in [2.45, 2.75) is 32.2 Å². The van der Waals surface area contributed by atoms with Crippen molar-refractivity contribution in [3.05, 3.63) is 12.4 Å². The van der Waals surface area contributed by atoms with E-state index in [1.165, 1.54) is 0 Å². The molecule has 26 heavy (non-hydrogen) atoms. The predicted octanol–water partition coefficient (Wildman–Crippen LogP) is 0.258. The van der Waals surface area contributed by atoms with E-state index in [-0.39, 0.29) is 23.8 Å². The fourth-order valence-corrected chi connectivity index (χ4v) is 3.97. The van der Waals surface area contributed by atoms with Crippen LogP contribution in [0.3, 0.4) is 0 Å². The minimum Gasteiger partial charge on any atom is -0.396 e. The molecule has 0 bridgehead atoms. The number of carbonyl (C=O) groups excluding carboxylic acids is 2. The number of amides is 2. The maximum atomic E-state index is 12.5. The van der Waals surface area contributed by atoms with Crippen LogP contribution in [0.25, 0.3) is 0 Å². The summed E-state index contributed by atoms with van der Waals surface area (Å²) in [5, 5.41) is 4.08. The summed E-state index contributed by atoms with van der Waals surface area (Å²) in [5.74, 6) is 0.353. The third kappa shape index (κ3) is 4.35. The average Bonchev–Trinajstić information content (AvgIpc) is 3.01. The Balaban J connectivity index is 1.53. The van der Waals surface area contributed by atoms with Crippen LogP contribution in [-0.2, 0) is 16.1 Å². The van der Waals surface area contributed by atoms with Crippen LogP contribution < -0.4 is 5.73 Å². The van der Waals surface area contributed by atoms with Gasteiger partial charge in [-0.2, -0.15) is 5.10 Å². The molecule has 2 N–H and O–H groups in total. The number of anilines is 1. The molecule has 2 aliphatic heterocycles. The van der Waals surface area contributed by atoms with Gasteiger partial charge in [0, 0.05) is 45.3 Å². The molecule has 1 aromatic rings. The highest BCUT2D eigenvalue weighted by Crippen LogP contribution is 2.40. The van der Waals surface area contributed by atoms with Gasteiger partial charge in [0.05, 0.1) is 11.9 Å². The Labute approximate surface area is 154 Å². The SMILES string of the molecule is CN(C)CCN1CC2(CCC1=O)CCN(C(=O)Cn1cc(N)cn1)CC2. The number of hydrogen-bond acceptors (Lipinski definition) is 5. The molecule has 3 rings (SSSR count). The first-order valence-corrected chi connectivity index (χ1v) is 9.35. The number of nitrogen functional groups attached to an aromatic ring is 1. The maximum Gasteiger partial charge on any atom is 0.244 e. The highest BCUT2D eigenvalue weighted by Gasteiger charge is 2.41. The standard InChI is InChI=1S/C18H30N6O2/c1-21(2)9-10-23-14-18(4-3-16(23)25)5-7-22(8-6-18)17(26)13-24-12-15(19)11-20-24/h11-12H,3-10,13-14,19H2,1-2H3. The molecule has 8 nitrogen and oxygen atoms in total. The van der Waals surface area contributed by atoms with Gasteiger partial charge in [0.2, 0.25) is 11.8 Å². The first-order chi connectivity index (χ1) is 12.4. The molecule has 1 spiro atoms. The van der Waals surface area contributed by atoms with Gasteiger partial charge in [0.15, 0.2) is 0 Å². The zero-order valence-electron chi connectivity index (χ0n) is 15.9. The van der Waals surface area contributed by atoms with Crippen molar-refractivity contribution in [1.29, 1.82) is 0 Å². The maximum absolute atomic E-state index is 12.5. The van der Waals surface area contributed by atoms with Crippen LogP contribution in [0.4, 0.5) is 5.69 Å². The van der Waals surface area contributed by atoms with Crippen LogP contribution in [0.2, 0.25) is 0 Å². The van der Waals surface area contributed by atoms with E-state index in [0.29, 0.717) is 12.1 Å². The van der Waals surface area contributed by atoms with Crippen LogP contribution in [-0.4, -0.2) is 83.1 Å². The van der Waals surface area contributed by atoms with E-state index in [4.69, 9.17) is 5.73 Å². The van der Waals surface area contributed by atoms with Gasteiger partial charge >= 0.3 is 0 Å². The fourth-order valence-electron chi connectivity index (χ4n) is 3.97. The van der Waals surface area contributed by atoms with Gasteiger partial charge in [-0.25, -0.2) is 0 Å². The number of nitrogens with two attached hydrogens (primary N) is 1. The van der Waals surface area contributed by atoms with Gasteiger partial charge in [-0.05, 0) is 38.8 Å². The van der Waals surface area contributed by atoms with Gasteiger partial charge in [-0.1, -0.05) is 0 Å². The molecule has 0 aliphatic carbocycles. The topological polar surface area (TPSA) is 87.7 Å². The van der Waals surface area contributed by atoms with Crippen LogP contribution in [0.15, 0.2) is 12.4 Å². The van der Waals surface area contributed by atoms with E-state index in [0.717, 1.165) is 52.0 Å². The van der Waals surface area contributed by atoms with E-state index in [2.05, 4.69) is 10.00 Å². The molecule has 8 heteroatoms. The Kier molecular flexibility index (Phi) is 5.50. The zero-order valence-corrected chi connectivity index (χ0v) is 15.9. The van der Waals surface area contributed by atoms with Crippen LogP contribution in [0, 0.1) is 5.41 Å². The lowest BCUT2D eigenvalue weighted by Crippen LogP contribution is -2.53. The summed E-state index contributed by atoms with van der Waals surface area (Å²) in [5.41, 5.74) is 6.39. The summed E-state index contributed by atoms with van der Waals surface area (Å²) >= 11 is 0. The van der Waals surface area contributed by atoms with Crippen molar-refractivity contribution in [3.63, 3.8) is 0 Å². The quantitative estimate of drug-likeness (QED) is 0.812. The lowest BCUT2D eigenvalue weighted by Gasteiger charge is -2.47. The Bertz CT molecular complexity index is 648. The van der Waals surface area contributed by atoms with Crippen molar-refractivity contribution in [2.24, 2.45) is 5.41 Å². The Hall–Kier alpha value is -2.09. The number of hydrogen-bond donors (Lipinski definition) is 1. The molecule has 0 unspecified atom stereocenters. The largest absolute Gasteiger partial charge is 0.396 e. The van der Waals surface area contributed by atoms with Gasteiger partial charge in [0.1, 0.15) is 6.54 Å². The zero-order chi connectivity index (χ0) is 18.7. The Morgan fingerprint density at radius 3 is 2.65 bits per heavy atom. The van der Waals surface area contributed by atoms with Gasteiger partial charge in [-0.3, -0.25) is 14.3 Å². The normalized spacial score (nSPS) is 20.2. The second-order valence-corrected chi connectivity index (χ2v) is 7.97. The van der Waals surface area contributed by atoms with E-state index in [9.17, 15) is 9.59 Å². The number of rotatable bonds is 5. The lowest BCUT2D eigenvalue weighted by molar-refractivity contribution is -0.142. The van der Waals surface area contributed by atoms with Crippen molar-refractivity contribution in [1.82, 2.24) is 24.5 Å². The smallest absolute Gasteiger partial charge is 0.244 e. The molecule has 0 atom stereocenters. The van der Waals surface area contributed by atoms with E-state index < -0.39 is 0 Å². The van der Waals surface area contributed by atoms with Crippen molar-refractivity contribution < 1.29 is 9.59 Å².